The molecule has 0 bridgehead atoms. The number of hydrogen-bond donors (Lipinski definition) is 0. The summed E-state index contributed by atoms with van der Waals surface area (Å²) in [5.41, 5.74) is 1.38. The van der Waals surface area contributed by atoms with Crippen LogP contribution in [0.2, 0.25) is 0 Å². The molecule has 15 heavy (non-hydrogen) atoms. The van der Waals surface area contributed by atoms with Gasteiger partial charge in [-0.15, -0.1) is 11.6 Å². The first-order valence-corrected chi connectivity index (χ1v) is 5.86. The van der Waals surface area contributed by atoms with Crippen molar-refractivity contribution in [2.45, 2.75) is 13.3 Å². The Balaban J connectivity index is 2.30. The normalized spacial score (nSPS) is 12.9. The van der Waals surface area contributed by atoms with Crippen molar-refractivity contribution in [2.24, 2.45) is 5.92 Å². The van der Waals surface area contributed by atoms with Crippen LogP contribution in [0.15, 0.2) is 42.5 Å². The Hall–Kier alpha value is -1.01. The van der Waals surface area contributed by atoms with Crippen molar-refractivity contribution in [3.63, 3.8) is 0 Å². The average molecular weight is 219 g/mol. The molecule has 1 heteroatoms. The van der Waals surface area contributed by atoms with Crippen molar-refractivity contribution in [1.82, 2.24) is 0 Å². The van der Waals surface area contributed by atoms with Gasteiger partial charge < -0.3 is 0 Å². The monoisotopic (exact) mass is 218 g/mol. The summed E-state index contributed by atoms with van der Waals surface area (Å²) in [6, 6.07) is 15.1. The summed E-state index contributed by atoms with van der Waals surface area (Å²) in [7, 11) is 0. The molecule has 0 amide bonds. The van der Waals surface area contributed by atoms with E-state index in [1.807, 2.05) is 0 Å². The van der Waals surface area contributed by atoms with Crippen LogP contribution in [0.25, 0.3) is 10.8 Å². The minimum atomic E-state index is 0.549. The zero-order valence-corrected chi connectivity index (χ0v) is 9.67. The summed E-state index contributed by atoms with van der Waals surface area (Å²) < 4.78 is 0. The average Bonchev–Trinajstić information content (AvgIpc) is 2.29. The van der Waals surface area contributed by atoms with Gasteiger partial charge >= 0.3 is 0 Å². The lowest BCUT2D eigenvalue weighted by Crippen LogP contribution is -2.00. The van der Waals surface area contributed by atoms with E-state index in [-0.39, 0.29) is 0 Å². The highest BCUT2D eigenvalue weighted by Gasteiger charge is 2.02. The quantitative estimate of drug-likeness (QED) is 0.676. The minimum Gasteiger partial charge on any atom is -0.126 e. The first kappa shape index (κ1) is 10.5. The largest absolute Gasteiger partial charge is 0.126 e. The smallest absolute Gasteiger partial charge is 0.0252 e. The first-order chi connectivity index (χ1) is 7.29. The fourth-order valence-electron chi connectivity index (χ4n) is 1.82. The maximum Gasteiger partial charge on any atom is 0.0252 e. The van der Waals surface area contributed by atoms with Gasteiger partial charge in [-0.1, -0.05) is 49.4 Å². The molecular weight excluding hydrogens is 204 g/mol. The molecule has 0 saturated carbocycles. The number of benzene rings is 2. The molecule has 0 nitrogen and oxygen atoms in total. The Kier molecular flexibility index (Phi) is 3.27. The van der Waals surface area contributed by atoms with Crippen LogP contribution >= 0.6 is 11.6 Å². The van der Waals surface area contributed by atoms with Crippen molar-refractivity contribution in [2.75, 3.05) is 5.88 Å². The standard InChI is InChI=1S/C14H15Cl/c1-11(10-15)8-12-6-7-13-4-2-3-5-14(13)9-12/h2-7,9,11H,8,10H2,1H3. The molecule has 0 radical (unpaired) electrons. The lowest BCUT2D eigenvalue weighted by Gasteiger charge is -2.08. The Morgan fingerprint density at radius 2 is 1.80 bits per heavy atom. The topological polar surface area (TPSA) is 0 Å². The second kappa shape index (κ2) is 4.67. The van der Waals surface area contributed by atoms with Gasteiger partial charge in [-0.05, 0) is 28.7 Å². The molecule has 0 spiro atoms. The van der Waals surface area contributed by atoms with Gasteiger partial charge in [-0.25, -0.2) is 0 Å². The van der Waals surface area contributed by atoms with Gasteiger partial charge in [0.15, 0.2) is 0 Å². The molecule has 1 atom stereocenters. The van der Waals surface area contributed by atoms with Crippen LogP contribution in [0.1, 0.15) is 12.5 Å². The first-order valence-electron chi connectivity index (χ1n) is 5.33. The molecule has 0 aliphatic heterocycles. The lowest BCUT2D eigenvalue weighted by molar-refractivity contribution is 0.655. The summed E-state index contributed by atoms with van der Waals surface area (Å²) in [6.45, 7) is 2.18. The highest BCUT2D eigenvalue weighted by molar-refractivity contribution is 6.18. The van der Waals surface area contributed by atoms with E-state index in [1.54, 1.807) is 0 Å². The molecule has 2 aromatic rings. The van der Waals surface area contributed by atoms with Crippen molar-refractivity contribution < 1.29 is 0 Å². The van der Waals surface area contributed by atoms with E-state index in [4.69, 9.17) is 11.6 Å². The van der Waals surface area contributed by atoms with Crippen LogP contribution in [0.3, 0.4) is 0 Å². The molecule has 0 aromatic heterocycles. The second-order valence-corrected chi connectivity index (χ2v) is 4.45. The maximum absolute atomic E-state index is 5.82. The van der Waals surface area contributed by atoms with Crippen molar-refractivity contribution in [3.8, 4) is 0 Å². The molecule has 0 heterocycles. The highest BCUT2D eigenvalue weighted by atomic mass is 35.5. The van der Waals surface area contributed by atoms with E-state index < -0.39 is 0 Å². The van der Waals surface area contributed by atoms with Crippen molar-refractivity contribution in [3.05, 3.63) is 48.0 Å². The summed E-state index contributed by atoms with van der Waals surface area (Å²) in [4.78, 5) is 0. The summed E-state index contributed by atoms with van der Waals surface area (Å²) >= 11 is 5.82. The fourth-order valence-corrected chi connectivity index (χ4v) is 1.93. The van der Waals surface area contributed by atoms with Gasteiger partial charge in [-0.3, -0.25) is 0 Å². The lowest BCUT2D eigenvalue weighted by atomic mass is 10.00. The molecule has 0 aliphatic rings. The Bertz CT molecular complexity index is 448. The molecule has 0 fully saturated rings. The van der Waals surface area contributed by atoms with E-state index in [9.17, 15) is 0 Å². The second-order valence-electron chi connectivity index (χ2n) is 4.15. The molecule has 78 valence electrons. The number of fused-ring (bicyclic) bond motifs is 1. The summed E-state index contributed by atoms with van der Waals surface area (Å²) in [6.07, 6.45) is 1.06. The highest BCUT2D eigenvalue weighted by Crippen LogP contribution is 2.18. The number of halogens is 1. The number of alkyl halides is 1. The third-order valence-electron chi connectivity index (χ3n) is 2.66. The van der Waals surface area contributed by atoms with E-state index in [2.05, 4.69) is 49.4 Å². The number of hydrogen-bond acceptors (Lipinski definition) is 0. The van der Waals surface area contributed by atoms with Gasteiger partial charge in [-0.2, -0.15) is 0 Å². The van der Waals surface area contributed by atoms with Crippen molar-refractivity contribution >= 4 is 22.4 Å². The maximum atomic E-state index is 5.82. The zero-order chi connectivity index (χ0) is 10.7. The predicted octanol–water partition coefficient (Wildman–Crippen LogP) is 4.26. The molecule has 0 saturated heterocycles. The molecule has 0 N–H and O–H groups in total. The van der Waals surface area contributed by atoms with Crippen LogP contribution in [0.5, 0.6) is 0 Å². The molecule has 0 aliphatic carbocycles. The fraction of sp³-hybridized carbons (Fsp3) is 0.286. The molecular formula is C14H15Cl. The van der Waals surface area contributed by atoms with Crippen LogP contribution < -0.4 is 0 Å². The molecule has 2 aromatic carbocycles. The van der Waals surface area contributed by atoms with Crippen LogP contribution in [0, 0.1) is 5.92 Å². The van der Waals surface area contributed by atoms with Crippen LogP contribution in [-0.4, -0.2) is 5.88 Å². The SMILES string of the molecule is CC(CCl)Cc1ccc2ccccc2c1. The summed E-state index contributed by atoms with van der Waals surface area (Å²) in [5.74, 6) is 1.28. The van der Waals surface area contributed by atoms with Gasteiger partial charge in [0.1, 0.15) is 0 Å². The van der Waals surface area contributed by atoms with Crippen LogP contribution in [-0.2, 0) is 6.42 Å². The minimum absolute atomic E-state index is 0.549. The zero-order valence-electron chi connectivity index (χ0n) is 8.91. The van der Waals surface area contributed by atoms with Gasteiger partial charge in [0.05, 0.1) is 0 Å². The molecule has 1 unspecified atom stereocenters. The van der Waals surface area contributed by atoms with E-state index in [0.717, 1.165) is 12.3 Å². The summed E-state index contributed by atoms with van der Waals surface area (Å²) in [5, 5.41) is 2.62. The Labute approximate surface area is 95.9 Å². The van der Waals surface area contributed by atoms with Crippen molar-refractivity contribution in [1.29, 1.82) is 0 Å². The van der Waals surface area contributed by atoms with E-state index in [0.29, 0.717) is 5.92 Å². The third-order valence-corrected chi connectivity index (χ3v) is 3.19. The van der Waals surface area contributed by atoms with Crippen LogP contribution in [0.4, 0.5) is 0 Å². The Morgan fingerprint density at radius 1 is 1.07 bits per heavy atom. The van der Waals surface area contributed by atoms with Gasteiger partial charge in [0.25, 0.3) is 0 Å². The van der Waals surface area contributed by atoms with Gasteiger partial charge in [0.2, 0.25) is 0 Å². The van der Waals surface area contributed by atoms with E-state index >= 15 is 0 Å². The van der Waals surface area contributed by atoms with Gasteiger partial charge in [0, 0.05) is 5.88 Å². The third kappa shape index (κ3) is 2.51. The molecule has 2 rings (SSSR count). The number of rotatable bonds is 3. The van der Waals surface area contributed by atoms with E-state index in [1.165, 1.54) is 16.3 Å². The predicted molar refractivity (Wildman–Crippen MR) is 67.5 cm³/mol. The Morgan fingerprint density at radius 3 is 2.53 bits per heavy atom.